The Hall–Kier alpha value is -2.37. The van der Waals surface area contributed by atoms with Crippen molar-refractivity contribution in [2.24, 2.45) is 11.8 Å². The molecule has 0 aliphatic carbocycles. The minimum Gasteiger partial charge on any atom is -0.354 e. The van der Waals surface area contributed by atoms with Crippen molar-refractivity contribution in [3.8, 4) is 0 Å². The number of rotatable bonds is 4. The van der Waals surface area contributed by atoms with Gasteiger partial charge in [-0.2, -0.15) is 0 Å². The van der Waals surface area contributed by atoms with Gasteiger partial charge in [0.2, 0.25) is 17.7 Å². The first kappa shape index (κ1) is 20.4. The van der Waals surface area contributed by atoms with E-state index in [2.05, 4.69) is 5.32 Å². The Morgan fingerprint density at radius 1 is 1.11 bits per heavy atom. The molecule has 2 heterocycles. The van der Waals surface area contributed by atoms with Gasteiger partial charge in [-0.05, 0) is 57.7 Å². The zero-order valence-electron chi connectivity index (χ0n) is 17.3. The molecule has 0 bridgehead atoms. The summed E-state index contributed by atoms with van der Waals surface area (Å²) in [4.78, 5) is 41.3. The number of carbonyl (C=O) groups is 3. The predicted molar refractivity (Wildman–Crippen MR) is 109 cm³/mol. The molecule has 152 valence electrons. The van der Waals surface area contributed by atoms with Gasteiger partial charge in [0.25, 0.3) is 0 Å². The van der Waals surface area contributed by atoms with E-state index in [-0.39, 0.29) is 42.0 Å². The summed E-state index contributed by atoms with van der Waals surface area (Å²) < 4.78 is 0. The fraction of sp³-hybridized carbons (Fsp3) is 0.591. The third kappa shape index (κ3) is 4.21. The second-order valence-electron chi connectivity index (χ2n) is 8.39. The molecule has 2 aliphatic heterocycles. The van der Waals surface area contributed by atoms with E-state index in [1.54, 1.807) is 4.90 Å². The lowest BCUT2D eigenvalue weighted by Gasteiger charge is -2.33. The highest BCUT2D eigenvalue weighted by atomic mass is 16.2. The summed E-state index contributed by atoms with van der Waals surface area (Å²) in [5, 5.41) is 2.96. The summed E-state index contributed by atoms with van der Waals surface area (Å²) in [7, 11) is 0. The van der Waals surface area contributed by atoms with Gasteiger partial charge in [0, 0.05) is 43.7 Å². The zero-order valence-corrected chi connectivity index (χ0v) is 17.3. The summed E-state index contributed by atoms with van der Waals surface area (Å²) in [6.07, 6.45) is 1.64. The molecule has 28 heavy (non-hydrogen) atoms. The van der Waals surface area contributed by atoms with Gasteiger partial charge in [-0.15, -0.1) is 0 Å². The van der Waals surface area contributed by atoms with Crippen molar-refractivity contribution in [2.75, 3.05) is 24.5 Å². The van der Waals surface area contributed by atoms with Gasteiger partial charge in [0.1, 0.15) is 0 Å². The number of aryl methyl sites for hydroxylation is 1. The molecule has 1 unspecified atom stereocenters. The molecule has 0 spiro atoms. The standard InChI is InChI=1S/C22H31N3O3/c1-14(2)23-21(27)17-8-10-24(11-9-17)22(28)18-12-20(26)25(13-18)19-7-5-6-15(3)16(19)4/h5-7,14,17-18H,8-13H2,1-4H3,(H,23,27). The molecule has 3 amide bonds. The smallest absolute Gasteiger partial charge is 0.228 e. The number of nitrogens with one attached hydrogen (secondary N) is 1. The lowest BCUT2D eigenvalue weighted by atomic mass is 9.94. The van der Waals surface area contributed by atoms with Gasteiger partial charge in [-0.3, -0.25) is 14.4 Å². The van der Waals surface area contributed by atoms with Gasteiger partial charge in [-0.25, -0.2) is 0 Å². The molecule has 1 aromatic carbocycles. The van der Waals surface area contributed by atoms with Crippen LogP contribution in [0.15, 0.2) is 18.2 Å². The minimum atomic E-state index is -0.298. The Morgan fingerprint density at radius 3 is 2.43 bits per heavy atom. The average Bonchev–Trinajstić information content (AvgIpc) is 3.04. The van der Waals surface area contributed by atoms with Crippen LogP contribution in [0.1, 0.15) is 44.2 Å². The first-order valence-corrected chi connectivity index (χ1v) is 10.2. The highest BCUT2D eigenvalue weighted by molar-refractivity contribution is 6.01. The van der Waals surface area contributed by atoms with Crippen molar-refractivity contribution < 1.29 is 14.4 Å². The molecule has 3 rings (SSSR count). The van der Waals surface area contributed by atoms with Gasteiger partial charge in [-0.1, -0.05) is 12.1 Å². The van der Waals surface area contributed by atoms with Crippen molar-refractivity contribution in [1.82, 2.24) is 10.2 Å². The first-order chi connectivity index (χ1) is 13.3. The number of likely N-dealkylation sites (tertiary alicyclic amines) is 1. The van der Waals surface area contributed by atoms with Crippen LogP contribution >= 0.6 is 0 Å². The fourth-order valence-corrected chi connectivity index (χ4v) is 4.16. The van der Waals surface area contributed by atoms with Crippen LogP contribution < -0.4 is 10.2 Å². The van der Waals surface area contributed by atoms with E-state index >= 15 is 0 Å². The SMILES string of the molecule is Cc1cccc(N2CC(C(=O)N3CCC(C(=O)NC(C)C)CC3)CC2=O)c1C. The molecule has 6 heteroatoms. The molecule has 0 aromatic heterocycles. The third-order valence-corrected chi connectivity index (χ3v) is 5.95. The van der Waals surface area contributed by atoms with Crippen molar-refractivity contribution in [2.45, 2.75) is 53.0 Å². The van der Waals surface area contributed by atoms with Gasteiger partial charge in [0.15, 0.2) is 0 Å². The Kier molecular flexibility index (Phi) is 6.06. The summed E-state index contributed by atoms with van der Waals surface area (Å²) in [6, 6.07) is 6.06. The average molecular weight is 386 g/mol. The second kappa shape index (κ2) is 8.33. The van der Waals surface area contributed by atoms with E-state index in [0.29, 0.717) is 32.5 Å². The Bertz CT molecular complexity index is 766. The van der Waals surface area contributed by atoms with Crippen LogP contribution in [0.2, 0.25) is 0 Å². The molecule has 2 saturated heterocycles. The van der Waals surface area contributed by atoms with Crippen LogP contribution in [-0.2, 0) is 14.4 Å². The maximum absolute atomic E-state index is 13.0. The minimum absolute atomic E-state index is 0.0123. The summed E-state index contributed by atoms with van der Waals surface area (Å²) in [5.74, 6) is -0.182. The summed E-state index contributed by atoms with van der Waals surface area (Å²) in [5.41, 5.74) is 3.13. The van der Waals surface area contributed by atoms with Crippen molar-refractivity contribution >= 4 is 23.4 Å². The number of nitrogens with zero attached hydrogens (tertiary/aromatic N) is 2. The second-order valence-corrected chi connectivity index (χ2v) is 8.39. The largest absolute Gasteiger partial charge is 0.354 e. The molecule has 1 aromatic rings. The van der Waals surface area contributed by atoms with Crippen molar-refractivity contribution in [3.05, 3.63) is 29.3 Å². The van der Waals surface area contributed by atoms with Crippen molar-refractivity contribution in [1.29, 1.82) is 0 Å². The highest BCUT2D eigenvalue weighted by Gasteiger charge is 2.39. The van der Waals surface area contributed by atoms with Crippen LogP contribution in [0.3, 0.4) is 0 Å². The number of anilines is 1. The maximum Gasteiger partial charge on any atom is 0.228 e. The Balaban J connectivity index is 1.60. The van der Waals surface area contributed by atoms with Crippen LogP contribution in [-0.4, -0.2) is 48.3 Å². The van der Waals surface area contributed by atoms with E-state index in [1.807, 2.05) is 50.8 Å². The number of benzene rings is 1. The monoisotopic (exact) mass is 385 g/mol. The number of piperidine rings is 1. The molecule has 6 nitrogen and oxygen atoms in total. The third-order valence-electron chi connectivity index (χ3n) is 5.95. The van der Waals surface area contributed by atoms with E-state index in [9.17, 15) is 14.4 Å². The predicted octanol–water partition coefficient (Wildman–Crippen LogP) is 2.42. The molecule has 1 atom stereocenters. The topological polar surface area (TPSA) is 69.7 Å². The van der Waals surface area contributed by atoms with Crippen LogP contribution in [0.5, 0.6) is 0 Å². The molecular weight excluding hydrogens is 354 g/mol. The van der Waals surface area contributed by atoms with Gasteiger partial charge in [0.05, 0.1) is 5.92 Å². The van der Waals surface area contributed by atoms with E-state index in [4.69, 9.17) is 0 Å². The number of amides is 3. The summed E-state index contributed by atoms with van der Waals surface area (Å²) >= 11 is 0. The number of hydrogen-bond acceptors (Lipinski definition) is 3. The van der Waals surface area contributed by atoms with Crippen molar-refractivity contribution in [3.63, 3.8) is 0 Å². The molecule has 2 aliphatic rings. The fourth-order valence-electron chi connectivity index (χ4n) is 4.16. The van der Waals surface area contributed by atoms with Gasteiger partial charge < -0.3 is 15.1 Å². The highest BCUT2D eigenvalue weighted by Crippen LogP contribution is 2.31. The molecule has 0 saturated carbocycles. The Labute approximate surface area is 167 Å². The molecular formula is C22H31N3O3. The van der Waals surface area contributed by atoms with Crippen LogP contribution in [0.25, 0.3) is 0 Å². The molecule has 0 radical (unpaired) electrons. The quantitative estimate of drug-likeness (QED) is 0.865. The number of carbonyl (C=O) groups excluding carboxylic acids is 3. The Morgan fingerprint density at radius 2 is 1.79 bits per heavy atom. The zero-order chi connectivity index (χ0) is 20.4. The lowest BCUT2D eigenvalue weighted by Crippen LogP contribution is -2.46. The lowest BCUT2D eigenvalue weighted by molar-refractivity contribution is -0.139. The van der Waals surface area contributed by atoms with Gasteiger partial charge >= 0.3 is 0 Å². The molecule has 2 fully saturated rings. The number of hydrogen-bond donors (Lipinski definition) is 1. The van der Waals surface area contributed by atoms with E-state index < -0.39 is 0 Å². The maximum atomic E-state index is 13.0. The van der Waals surface area contributed by atoms with E-state index in [0.717, 1.165) is 16.8 Å². The normalized spacial score (nSPS) is 20.8. The summed E-state index contributed by atoms with van der Waals surface area (Å²) in [6.45, 7) is 9.56. The first-order valence-electron chi connectivity index (χ1n) is 10.2. The van der Waals surface area contributed by atoms with Crippen LogP contribution in [0.4, 0.5) is 5.69 Å². The molecule has 1 N–H and O–H groups in total. The van der Waals surface area contributed by atoms with Crippen LogP contribution in [0, 0.1) is 25.7 Å². The van der Waals surface area contributed by atoms with E-state index in [1.165, 1.54) is 0 Å².